The number of hydrogen-bond acceptors (Lipinski definition) is 2. The standard InChI is InChI=1S/C17H21ClN4/c1-13-5-4-6-16(21-13)11-20-17(19-2)22(3)12-14-7-9-15(18)10-8-14/h4-10H,11-12H2,1-3H3,(H,19,20). The van der Waals surface area contributed by atoms with Gasteiger partial charge in [-0.2, -0.15) is 0 Å². The van der Waals surface area contributed by atoms with E-state index >= 15 is 0 Å². The van der Waals surface area contributed by atoms with Crippen molar-refractivity contribution in [2.75, 3.05) is 14.1 Å². The van der Waals surface area contributed by atoms with Crippen LogP contribution in [-0.4, -0.2) is 29.9 Å². The molecule has 116 valence electrons. The van der Waals surface area contributed by atoms with Gasteiger partial charge in [0.05, 0.1) is 12.2 Å². The number of hydrogen-bond donors (Lipinski definition) is 1. The average Bonchev–Trinajstić information content (AvgIpc) is 2.50. The van der Waals surface area contributed by atoms with Crippen LogP contribution in [0.15, 0.2) is 47.5 Å². The summed E-state index contributed by atoms with van der Waals surface area (Å²) < 4.78 is 0. The van der Waals surface area contributed by atoms with E-state index in [0.29, 0.717) is 6.54 Å². The smallest absolute Gasteiger partial charge is 0.194 e. The Labute approximate surface area is 136 Å². The number of pyridine rings is 1. The first-order valence-electron chi connectivity index (χ1n) is 7.17. The molecule has 1 heterocycles. The van der Waals surface area contributed by atoms with Gasteiger partial charge in [-0.05, 0) is 36.8 Å². The fourth-order valence-electron chi connectivity index (χ4n) is 2.19. The van der Waals surface area contributed by atoms with E-state index < -0.39 is 0 Å². The van der Waals surface area contributed by atoms with Crippen molar-refractivity contribution in [1.29, 1.82) is 0 Å². The van der Waals surface area contributed by atoms with Crippen LogP contribution in [0.1, 0.15) is 17.0 Å². The van der Waals surface area contributed by atoms with Gasteiger partial charge < -0.3 is 10.2 Å². The third-order valence-electron chi connectivity index (χ3n) is 3.28. The van der Waals surface area contributed by atoms with Crippen LogP contribution < -0.4 is 5.32 Å². The normalized spacial score (nSPS) is 11.4. The van der Waals surface area contributed by atoms with Crippen LogP contribution in [0.5, 0.6) is 0 Å². The highest BCUT2D eigenvalue weighted by Gasteiger charge is 2.07. The van der Waals surface area contributed by atoms with E-state index in [1.165, 1.54) is 5.56 Å². The Kier molecular flexibility index (Phi) is 5.78. The quantitative estimate of drug-likeness (QED) is 0.695. The van der Waals surface area contributed by atoms with Crippen molar-refractivity contribution in [3.8, 4) is 0 Å². The maximum atomic E-state index is 5.91. The van der Waals surface area contributed by atoms with Crippen molar-refractivity contribution < 1.29 is 0 Å². The van der Waals surface area contributed by atoms with Gasteiger partial charge in [-0.3, -0.25) is 9.98 Å². The third kappa shape index (κ3) is 4.74. The van der Waals surface area contributed by atoms with Gasteiger partial charge in [0.15, 0.2) is 5.96 Å². The highest BCUT2D eigenvalue weighted by atomic mass is 35.5. The molecule has 0 saturated carbocycles. The minimum absolute atomic E-state index is 0.652. The fourth-order valence-corrected chi connectivity index (χ4v) is 2.32. The summed E-state index contributed by atoms with van der Waals surface area (Å²) in [6.45, 7) is 3.41. The van der Waals surface area contributed by atoms with Gasteiger partial charge >= 0.3 is 0 Å². The maximum absolute atomic E-state index is 5.91. The first kappa shape index (κ1) is 16.3. The van der Waals surface area contributed by atoms with Gasteiger partial charge in [0.25, 0.3) is 0 Å². The minimum atomic E-state index is 0.652. The lowest BCUT2D eigenvalue weighted by Crippen LogP contribution is -2.38. The van der Waals surface area contributed by atoms with Gasteiger partial charge in [-0.1, -0.05) is 29.8 Å². The Balaban J connectivity index is 1.94. The summed E-state index contributed by atoms with van der Waals surface area (Å²) in [7, 11) is 3.79. The summed E-state index contributed by atoms with van der Waals surface area (Å²) in [5.74, 6) is 0.832. The zero-order valence-electron chi connectivity index (χ0n) is 13.2. The zero-order chi connectivity index (χ0) is 15.9. The lowest BCUT2D eigenvalue weighted by atomic mass is 10.2. The topological polar surface area (TPSA) is 40.5 Å². The molecule has 0 spiro atoms. The SMILES string of the molecule is CN=C(NCc1cccc(C)n1)N(C)Cc1ccc(Cl)cc1. The predicted molar refractivity (Wildman–Crippen MR) is 92.1 cm³/mol. The van der Waals surface area contributed by atoms with Crippen LogP contribution in [0.25, 0.3) is 0 Å². The second-order valence-electron chi connectivity index (χ2n) is 5.15. The van der Waals surface area contributed by atoms with E-state index in [1.54, 1.807) is 7.05 Å². The number of aromatic nitrogens is 1. The molecule has 1 N–H and O–H groups in total. The molecule has 1 aromatic heterocycles. The lowest BCUT2D eigenvalue weighted by Gasteiger charge is -2.22. The molecule has 5 heteroatoms. The molecule has 0 aliphatic heterocycles. The first-order chi connectivity index (χ1) is 10.6. The summed E-state index contributed by atoms with van der Waals surface area (Å²) in [5, 5.41) is 4.08. The largest absolute Gasteiger partial charge is 0.351 e. The van der Waals surface area contributed by atoms with Crippen LogP contribution in [0.2, 0.25) is 5.02 Å². The van der Waals surface area contributed by atoms with Crippen LogP contribution >= 0.6 is 11.6 Å². The van der Waals surface area contributed by atoms with Gasteiger partial charge in [0.1, 0.15) is 0 Å². The minimum Gasteiger partial charge on any atom is -0.351 e. The van der Waals surface area contributed by atoms with Crippen molar-refractivity contribution >= 4 is 17.6 Å². The summed E-state index contributed by atoms with van der Waals surface area (Å²) in [6, 6.07) is 13.9. The van der Waals surface area contributed by atoms with Gasteiger partial charge in [0.2, 0.25) is 0 Å². The van der Waals surface area contributed by atoms with E-state index in [2.05, 4.69) is 20.2 Å². The molecule has 0 bridgehead atoms. The summed E-state index contributed by atoms with van der Waals surface area (Å²) in [4.78, 5) is 10.9. The monoisotopic (exact) mass is 316 g/mol. The Morgan fingerprint density at radius 2 is 1.95 bits per heavy atom. The van der Waals surface area contributed by atoms with Gasteiger partial charge in [-0.15, -0.1) is 0 Å². The number of rotatable bonds is 4. The van der Waals surface area contributed by atoms with Crippen LogP contribution in [-0.2, 0) is 13.1 Å². The van der Waals surface area contributed by atoms with E-state index in [9.17, 15) is 0 Å². The molecule has 2 rings (SSSR count). The third-order valence-corrected chi connectivity index (χ3v) is 3.53. The van der Waals surface area contributed by atoms with Crippen molar-refractivity contribution in [2.24, 2.45) is 4.99 Å². The summed E-state index contributed by atoms with van der Waals surface area (Å²) in [5.41, 5.74) is 3.20. The number of aliphatic imine (C=N–C) groups is 1. The summed E-state index contributed by atoms with van der Waals surface area (Å²) in [6.07, 6.45) is 0. The number of nitrogens with zero attached hydrogens (tertiary/aromatic N) is 3. The van der Waals surface area contributed by atoms with Gasteiger partial charge in [0, 0.05) is 31.4 Å². The molecule has 0 radical (unpaired) electrons. The first-order valence-corrected chi connectivity index (χ1v) is 7.55. The molecule has 0 amide bonds. The van der Waals surface area contributed by atoms with Crippen molar-refractivity contribution in [2.45, 2.75) is 20.0 Å². The summed E-state index contributed by atoms with van der Waals surface area (Å²) >= 11 is 5.91. The van der Waals surface area contributed by atoms with Gasteiger partial charge in [-0.25, -0.2) is 0 Å². The predicted octanol–water partition coefficient (Wildman–Crippen LogP) is 3.25. The molecule has 0 saturated heterocycles. The van der Waals surface area contributed by atoms with E-state index in [1.807, 2.05) is 56.4 Å². The van der Waals surface area contributed by atoms with Crippen LogP contribution in [0.4, 0.5) is 0 Å². The number of benzene rings is 1. The highest BCUT2D eigenvalue weighted by molar-refractivity contribution is 6.30. The number of aryl methyl sites for hydroxylation is 1. The Morgan fingerprint density at radius 3 is 2.59 bits per heavy atom. The fraction of sp³-hybridized carbons (Fsp3) is 0.294. The molecule has 1 aromatic carbocycles. The molecular weight excluding hydrogens is 296 g/mol. The maximum Gasteiger partial charge on any atom is 0.194 e. The molecule has 2 aromatic rings. The van der Waals surface area contributed by atoms with E-state index in [-0.39, 0.29) is 0 Å². The molecule has 0 unspecified atom stereocenters. The Morgan fingerprint density at radius 1 is 1.23 bits per heavy atom. The van der Waals surface area contributed by atoms with Crippen molar-refractivity contribution in [3.63, 3.8) is 0 Å². The molecule has 4 nitrogen and oxygen atoms in total. The Bertz CT molecular complexity index is 637. The lowest BCUT2D eigenvalue weighted by molar-refractivity contribution is 0.476. The highest BCUT2D eigenvalue weighted by Crippen LogP contribution is 2.11. The Hall–Kier alpha value is -2.07. The van der Waals surface area contributed by atoms with Crippen LogP contribution in [0.3, 0.4) is 0 Å². The molecule has 22 heavy (non-hydrogen) atoms. The van der Waals surface area contributed by atoms with E-state index in [0.717, 1.165) is 28.9 Å². The molecule has 0 fully saturated rings. The molecule has 0 atom stereocenters. The number of guanidine groups is 1. The number of nitrogens with one attached hydrogen (secondary N) is 1. The molecule has 0 aliphatic rings. The van der Waals surface area contributed by atoms with Crippen molar-refractivity contribution in [3.05, 3.63) is 64.4 Å². The molecule has 0 aliphatic carbocycles. The van der Waals surface area contributed by atoms with Crippen molar-refractivity contribution in [1.82, 2.24) is 15.2 Å². The second-order valence-corrected chi connectivity index (χ2v) is 5.59. The average molecular weight is 317 g/mol. The number of halogens is 1. The van der Waals surface area contributed by atoms with Crippen LogP contribution in [0, 0.1) is 6.92 Å². The molecular formula is C17H21ClN4. The second kappa shape index (κ2) is 7.80. The zero-order valence-corrected chi connectivity index (χ0v) is 13.9. The van der Waals surface area contributed by atoms with E-state index in [4.69, 9.17) is 11.6 Å².